The van der Waals surface area contributed by atoms with Gasteiger partial charge in [0.1, 0.15) is 5.82 Å². The lowest BCUT2D eigenvalue weighted by molar-refractivity contribution is -0.151. The summed E-state index contributed by atoms with van der Waals surface area (Å²) in [5.74, 6) is 1.32. The van der Waals surface area contributed by atoms with E-state index in [1.807, 2.05) is 18.7 Å². The monoisotopic (exact) mass is 380 g/mol. The van der Waals surface area contributed by atoms with E-state index in [0.29, 0.717) is 43.6 Å². The third kappa shape index (κ3) is 4.58. The first kappa shape index (κ1) is 19.2. The van der Waals surface area contributed by atoms with Crippen LogP contribution in [0.1, 0.15) is 64.1 Å². The van der Waals surface area contributed by atoms with Crippen molar-refractivity contribution in [2.75, 3.05) is 19.7 Å². The summed E-state index contributed by atoms with van der Waals surface area (Å²) in [6, 6.07) is 0. The van der Waals surface area contributed by atoms with Crippen molar-refractivity contribution in [1.82, 2.24) is 20.1 Å². The summed E-state index contributed by atoms with van der Waals surface area (Å²) in [4.78, 5) is 30.9. The smallest absolute Gasteiger partial charge is 0.309 e. The van der Waals surface area contributed by atoms with E-state index >= 15 is 0 Å². The first-order valence-electron chi connectivity index (χ1n) is 9.62. The van der Waals surface area contributed by atoms with Crippen molar-refractivity contribution < 1.29 is 14.3 Å². The van der Waals surface area contributed by atoms with Crippen LogP contribution in [0.25, 0.3) is 0 Å². The van der Waals surface area contributed by atoms with E-state index in [1.54, 1.807) is 0 Å². The van der Waals surface area contributed by atoms with Crippen LogP contribution in [0.3, 0.4) is 0 Å². The van der Waals surface area contributed by atoms with Crippen LogP contribution in [0.4, 0.5) is 0 Å². The summed E-state index contributed by atoms with van der Waals surface area (Å²) in [5, 5.41) is 7.73. The number of piperidine rings is 1. The molecular weight excluding hydrogens is 352 g/mol. The standard InChI is InChI=1S/C18H28N4O3S/c1-3-25-17(24)14-8-10-22(11-9-14)16(23)12(2)26-18-19-15(20-21-18)13-6-4-5-7-13/h12-14H,3-11H2,1-2H3,(H,19,20,21)/t12-/m1/s1. The molecule has 3 rings (SSSR count). The molecule has 0 radical (unpaired) electrons. The molecule has 1 N–H and O–H groups in total. The first-order valence-corrected chi connectivity index (χ1v) is 10.5. The molecule has 0 aromatic carbocycles. The Hall–Kier alpha value is -1.57. The van der Waals surface area contributed by atoms with Gasteiger partial charge < -0.3 is 9.64 Å². The molecule has 1 saturated heterocycles. The summed E-state index contributed by atoms with van der Waals surface area (Å²) in [6.07, 6.45) is 6.20. The van der Waals surface area contributed by atoms with Crippen molar-refractivity contribution in [3.8, 4) is 0 Å². The molecule has 2 heterocycles. The Kier molecular flexibility index (Phi) is 6.56. The predicted octanol–water partition coefficient (Wildman–Crippen LogP) is 2.74. The number of hydrogen-bond donors (Lipinski definition) is 1. The quantitative estimate of drug-likeness (QED) is 0.603. The van der Waals surface area contributed by atoms with Crippen LogP contribution in [0.15, 0.2) is 5.16 Å². The van der Waals surface area contributed by atoms with Gasteiger partial charge in [0.25, 0.3) is 0 Å². The van der Waals surface area contributed by atoms with Crippen LogP contribution in [-0.4, -0.2) is 56.9 Å². The van der Waals surface area contributed by atoms with E-state index in [1.165, 1.54) is 37.4 Å². The minimum absolute atomic E-state index is 0.0797. The Morgan fingerprint density at radius 1 is 1.27 bits per heavy atom. The van der Waals surface area contributed by atoms with Gasteiger partial charge in [0, 0.05) is 19.0 Å². The number of nitrogens with zero attached hydrogens (tertiary/aromatic N) is 3. The zero-order valence-electron chi connectivity index (χ0n) is 15.6. The normalized spacial score (nSPS) is 20.3. The maximum absolute atomic E-state index is 12.7. The minimum atomic E-state index is -0.235. The largest absolute Gasteiger partial charge is 0.466 e. The van der Waals surface area contributed by atoms with Gasteiger partial charge in [0.05, 0.1) is 17.8 Å². The second-order valence-electron chi connectivity index (χ2n) is 7.10. The number of rotatable bonds is 6. The Bertz CT molecular complexity index is 622. The lowest BCUT2D eigenvalue weighted by atomic mass is 9.97. The molecule has 1 saturated carbocycles. The molecule has 2 fully saturated rings. The van der Waals surface area contributed by atoms with Crippen molar-refractivity contribution in [3.05, 3.63) is 5.82 Å². The average molecular weight is 381 g/mol. The van der Waals surface area contributed by atoms with Gasteiger partial charge in [-0.1, -0.05) is 24.6 Å². The van der Waals surface area contributed by atoms with Gasteiger partial charge in [0.2, 0.25) is 11.1 Å². The van der Waals surface area contributed by atoms with Gasteiger partial charge in [-0.3, -0.25) is 14.7 Å². The van der Waals surface area contributed by atoms with Crippen LogP contribution in [0.2, 0.25) is 0 Å². The highest BCUT2D eigenvalue weighted by molar-refractivity contribution is 8.00. The van der Waals surface area contributed by atoms with E-state index in [2.05, 4.69) is 15.2 Å². The number of hydrogen-bond acceptors (Lipinski definition) is 6. The highest BCUT2D eigenvalue weighted by Crippen LogP contribution is 2.33. The van der Waals surface area contributed by atoms with Gasteiger partial charge >= 0.3 is 5.97 Å². The Labute approximate surface area is 158 Å². The number of carbonyl (C=O) groups is 2. The molecule has 0 spiro atoms. The molecule has 2 aliphatic rings. The zero-order chi connectivity index (χ0) is 18.5. The summed E-state index contributed by atoms with van der Waals surface area (Å²) < 4.78 is 5.08. The molecule has 7 nitrogen and oxygen atoms in total. The van der Waals surface area contributed by atoms with Gasteiger partial charge in [-0.15, -0.1) is 5.10 Å². The number of aromatic nitrogens is 3. The van der Waals surface area contributed by atoms with Gasteiger partial charge in [0.15, 0.2) is 0 Å². The fourth-order valence-corrected chi connectivity index (χ4v) is 4.57. The third-order valence-electron chi connectivity index (χ3n) is 5.28. The Balaban J connectivity index is 1.48. The Morgan fingerprint density at radius 3 is 2.62 bits per heavy atom. The van der Waals surface area contributed by atoms with E-state index in [0.717, 1.165) is 5.82 Å². The third-order valence-corrected chi connectivity index (χ3v) is 6.23. The van der Waals surface area contributed by atoms with E-state index < -0.39 is 0 Å². The lowest BCUT2D eigenvalue weighted by Crippen LogP contribution is -2.43. The SMILES string of the molecule is CCOC(=O)C1CCN(C(=O)[C@@H](C)Sc2n[nH]c(C3CCCC3)n2)CC1. The number of thioether (sulfide) groups is 1. The zero-order valence-corrected chi connectivity index (χ0v) is 16.4. The lowest BCUT2D eigenvalue weighted by Gasteiger charge is -2.32. The maximum Gasteiger partial charge on any atom is 0.309 e. The second kappa shape index (κ2) is 8.88. The number of nitrogens with one attached hydrogen (secondary N) is 1. The molecule has 1 aromatic rings. The molecule has 8 heteroatoms. The maximum atomic E-state index is 12.7. The molecule has 1 aliphatic carbocycles. The summed E-state index contributed by atoms with van der Waals surface area (Å²) in [6.45, 7) is 5.33. The van der Waals surface area contributed by atoms with Gasteiger partial charge in [-0.2, -0.15) is 0 Å². The van der Waals surface area contributed by atoms with Crippen LogP contribution in [0, 0.1) is 5.92 Å². The van der Waals surface area contributed by atoms with E-state index in [9.17, 15) is 9.59 Å². The fraction of sp³-hybridized carbons (Fsp3) is 0.778. The number of amides is 1. The van der Waals surface area contributed by atoms with E-state index in [4.69, 9.17) is 4.74 Å². The van der Waals surface area contributed by atoms with Gasteiger partial charge in [-0.05, 0) is 39.5 Å². The number of likely N-dealkylation sites (tertiary alicyclic amines) is 1. The first-order chi connectivity index (χ1) is 12.6. The summed E-state index contributed by atoms with van der Waals surface area (Å²) >= 11 is 1.40. The molecule has 144 valence electrons. The number of esters is 1. The minimum Gasteiger partial charge on any atom is -0.466 e. The van der Waals surface area contributed by atoms with Crippen molar-refractivity contribution >= 4 is 23.6 Å². The average Bonchev–Trinajstić information content (AvgIpc) is 3.33. The van der Waals surface area contributed by atoms with Crippen molar-refractivity contribution in [2.45, 2.75) is 68.7 Å². The molecule has 1 atom stereocenters. The predicted molar refractivity (Wildman–Crippen MR) is 98.8 cm³/mol. The molecule has 1 aliphatic heterocycles. The van der Waals surface area contributed by atoms with Crippen LogP contribution < -0.4 is 0 Å². The number of aromatic amines is 1. The highest BCUT2D eigenvalue weighted by atomic mass is 32.2. The summed E-state index contributed by atoms with van der Waals surface area (Å²) in [5.41, 5.74) is 0. The molecule has 1 aromatic heterocycles. The highest BCUT2D eigenvalue weighted by Gasteiger charge is 2.31. The molecule has 0 unspecified atom stereocenters. The number of ether oxygens (including phenoxy) is 1. The van der Waals surface area contributed by atoms with Crippen LogP contribution >= 0.6 is 11.8 Å². The molecule has 26 heavy (non-hydrogen) atoms. The van der Waals surface area contributed by atoms with Gasteiger partial charge in [-0.25, -0.2) is 4.98 Å². The van der Waals surface area contributed by atoms with E-state index in [-0.39, 0.29) is 23.0 Å². The van der Waals surface area contributed by atoms with Crippen molar-refractivity contribution in [2.24, 2.45) is 5.92 Å². The summed E-state index contributed by atoms with van der Waals surface area (Å²) in [7, 11) is 0. The molecule has 1 amide bonds. The topological polar surface area (TPSA) is 88.2 Å². The van der Waals surface area contributed by atoms with Crippen molar-refractivity contribution in [3.63, 3.8) is 0 Å². The number of H-pyrrole nitrogens is 1. The second-order valence-corrected chi connectivity index (χ2v) is 8.40. The van der Waals surface area contributed by atoms with Crippen LogP contribution in [0.5, 0.6) is 0 Å². The Morgan fingerprint density at radius 2 is 1.96 bits per heavy atom. The molecule has 0 bridgehead atoms. The molecular formula is C18H28N4O3S. The van der Waals surface area contributed by atoms with Crippen molar-refractivity contribution in [1.29, 1.82) is 0 Å². The number of carbonyl (C=O) groups excluding carboxylic acids is 2. The van der Waals surface area contributed by atoms with Crippen LogP contribution in [-0.2, 0) is 14.3 Å². The fourth-order valence-electron chi connectivity index (χ4n) is 3.75.